The number of rotatable bonds is 6. The Hall–Kier alpha value is -2.24. The quantitative estimate of drug-likeness (QED) is 0.833. The van der Waals surface area contributed by atoms with Crippen molar-refractivity contribution in [2.45, 2.75) is 37.6 Å². The average molecular weight is 333 g/mol. The number of carbonyl (C=O) groups is 2. The van der Waals surface area contributed by atoms with Gasteiger partial charge in [-0.2, -0.15) is 0 Å². The molecule has 6 nitrogen and oxygen atoms in total. The fourth-order valence-electron chi connectivity index (χ4n) is 3.68. The summed E-state index contributed by atoms with van der Waals surface area (Å²) in [6.07, 6.45) is 2.97. The van der Waals surface area contributed by atoms with Gasteiger partial charge in [0.1, 0.15) is 11.5 Å². The fraction of sp³-hybridized carbons (Fsp3) is 0.556. The SMILES string of the molecule is COc1ccc(OC)c(C2CC2C(=O)N[C@@H]2CCC[C@@H]2C(=O)O)c1. The number of amides is 1. The summed E-state index contributed by atoms with van der Waals surface area (Å²) in [4.78, 5) is 23.7. The first-order chi connectivity index (χ1) is 11.5. The van der Waals surface area contributed by atoms with Crippen LogP contribution in [-0.4, -0.2) is 37.2 Å². The molecule has 1 aromatic carbocycles. The van der Waals surface area contributed by atoms with Crippen LogP contribution in [0.3, 0.4) is 0 Å². The van der Waals surface area contributed by atoms with Crippen LogP contribution in [0.4, 0.5) is 0 Å². The number of carboxylic acids is 1. The van der Waals surface area contributed by atoms with E-state index in [0.717, 1.165) is 36.3 Å². The van der Waals surface area contributed by atoms with Crippen molar-refractivity contribution in [1.29, 1.82) is 0 Å². The molecule has 2 fully saturated rings. The Bertz CT molecular complexity index is 644. The first kappa shape index (κ1) is 16.6. The van der Waals surface area contributed by atoms with Gasteiger partial charge in [-0.15, -0.1) is 0 Å². The largest absolute Gasteiger partial charge is 0.497 e. The van der Waals surface area contributed by atoms with Gasteiger partial charge in [0.05, 0.1) is 20.1 Å². The van der Waals surface area contributed by atoms with E-state index >= 15 is 0 Å². The molecule has 0 aromatic heterocycles. The van der Waals surface area contributed by atoms with Crippen LogP contribution in [0.15, 0.2) is 18.2 Å². The summed E-state index contributed by atoms with van der Waals surface area (Å²) in [5.74, 6) is 0.125. The van der Waals surface area contributed by atoms with E-state index in [-0.39, 0.29) is 23.8 Å². The minimum atomic E-state index is -0.820. The lowest BCUT2D eigenvalue weighted by molar-refractivity contribution is -0.142. The molecule has 2 aliphatic carbocycles. The molecular weight excluding hydrogens is 310 g/mol. The second-order valence-corrected chi connectivity index (χ2v) is 6.55. The predicted molar refractivity (Wildman–Crippen MR) is 87.3 cm³/mol. The van der Waals surface area contributed by atoms with Gasteiger partial charge in [0.2, 0.25) is 5.91 Å². The summed E-state index contributed by atoms with van der Waals surface area (Å²) in [6.45, 7) is 0. The lowest BCUT2D eigenvalue weighted by Crippen LogP contribution is -2.41. The van der Waals surface area contributed by atoms with Crippen LogP contribution in [0.5, 0.6) is 11.5 Å². The molecule has 3 rings (SSSR count). The molecular formula is C18H23NO5. The highest BCUT2D eigenvalue weighted by Gasteiger charge is 2.47. The summed E-state index contributed by atoms with van der Waals surface area (Å²) in [6, 6.07) is 5.34. The van der Waals surface area contributed by atoms with Crippen LogP contribution >= 0.6 is 0 Å². The van der Waals surface area contributed by atoms with Crippen LogP contribution < -0.4 is 14.8 Å². The van der Waals surface area contributed by atoms with E-state index in [0.29, 0.717) is 6.42 Å². The summed E-state index contributed by atoms with van der Waals surface area (Å²) in [5, 5.41) is 12.2. The molecule has 0 heterocycles. The van der Waals surface area contributed by atoms with Gasteiger partial charge in [-0.1, -0.05) is 6.42 Å². The van der Waals surface area contributed by atoms with E-state index in [2.05, 4.69) is 5.32 Å². The maximum absolute atomic E-state index is 12.5. The predicted octanol–water partition coefficient (Wildman–Crippen LogP) is 2.18. The zero-order valence-corrected chi connectivity index (χ0v) is 14.0. The van der Waals surface area contributed by atoms with E-state index in [9.17, 15) is 14.7 Å². The number of aliphatic carboxylic acids is 1. The molecule has 0 aliphatic heterocycles. The summed E-state index contributed by atoms with van der Waals surface area (Å²) in [5.41, 5.74) is 0.971. The van der Waals surface area contributed by atoms with Crippen molar-refractivity contribution in [3.63, 3.8) is 0 Å². The number of hydrogen-bond donors (Lipinski definition) is 2. The van der Waals surface area contributed by atoms with Crippen molar-refractivity contribution in [2.24, 2.45) is 11.8 Å². The number of hydrogen-bond acceptors (Lipinski definition) is 4. The van der Waals surface area contributed by atoms with Gasteiger partial charge in [0.15, 0.2) is 0 Å². The summed E-state index contributed by atoms with van der Waals surface area (Å²) < 4.78 is 10.6. The van der Waals surface area contributed by atoms with E-state index < -0.39 is 11.9 Å². The Morgan fingerprint density at radius 1 is 1.17 bits per heavy atom. The molecule has 2 aliphatic rings. The Morgan fingerprint density at radius 2 is 1.96 bits per heavy atom. The Kier molecular flexibility index (Phi) is 4.64. The van der Waals surface area contributed by atoms with Crippen molar-refractivity contribution < 1.29 is 24.2 Å². The lowest BCUT2D eigenvalue weighted by Gasteiger charge is -2.17. The van der Waals surface area contributed by atoms with E-state index in [1.165, 1.54) is 0 Å². The molecule has 0 saturated heterocycles. The molecule has 24 heavy (non-hydrogen) atoms. The van der Waals surface area contributed by atoms with Crippen molar-refractivity contribution in [3.8, 4) is 11.5 Å². The second kappa shape index (κ2) is 6.71. The highest BCUT2D eigenvalue weighted by molar-refractivity contribution is 5.84. The smallest absolute Gasteiger partial charge is 0.308 e. The van der Waals surface area contributed by atoms with E-state index in [1.807, 2.05) is 18.2 Å². The number of ether oxygens (including phenoxy) is 2. The minimum absolute atomic E-state index is 0.0528. The van der Waals surface area contributed by atoms with Crippen LogP contribution in [0.2, 0.25) is 0 Å². The maximum atomic E-state index is 12.5. The van der Waals surface area contributed by atoms with Crippen molar-refractivity contribution in [2.75, 3.05) is 14.2 Å². The lowest BCUT2D eigenvalue weighted by atomic mass is 10.0. The molecule has 1 aromatic rings. The molecule has 0 bridgehead atoms. The van der Waals surface area contributed by atoms with E-state index in [4.69, 9.17) is 9.47 Å². The highest BCUT2D eigenvalue weighted by Crippen LogP contribution is 2.51. The summed E-state index contributed by atoms with van der Waals surface area (Å²) in [7, 11) is 3.22. The maximum Gasteiger partial charge on any atom is 0.308 e. The molecule has 2 saturated carbocycles. The van der Waals surface area contributed by atoms with Gasteiger partial charge >= 0.3 is 5.97 Å². The van der Waals surface area contributed by atoms with Crippen molar-refractivity contribution >= 4 is 11.9 Å². The summed E-state index contributed by atoms with van der Waals surface area (Å²) >= 11 is 0. The minimum Gasteiger partial charge on any atom is -0.497 e. The Labute approximate surface area is 141 Å². The van der Waals surface area contributed by atoms with Gasteiger partial charge in [-0.05, 0) is 37.5 Å². The van der Waals surface area contributed by atoms with Crippen molar-refractivity contribution in [1.82, 2.24) is 5.32 Å². The van der Waals surface area contributed by atoms with Gasteiger partial charge in [0, 0.05) is 23.4 Å². The van der Waals surface area contributed by atoms with E-state index in [1.54, 1.807) is 14.2 Å². The molecule has 130 valence electrons. The number of nitrogens with one attached hydrogen (secondary N) is 1. The second-order valence-electron chi connectivity index (χ2n) is 6.55. The van der Waals surface area contributed by atoms with Gasteiger partial charge in [-0.3, -0.25) is 9.59 Å². The molecule has 1 amide bonds. The van der Waals surface area contributed by atoms with Crippen LogP contribution in [-0.2, 0) is 9.59 Å². The molecule has 0 radical (unpaired) electrons. The molecule has 0 spiro atoms. The molecule has 6 heteroatoms. The molecule has 2 unspecified atom stereocenters. The zero-order valence-electron chi connectivity index (χ0n) is 14.0. The first-order valence-electron chi connectivity index (χ1n) is 8.30. The Morgan fingerprint density at radius 3 is 2.62 bits per heavy atom. The number of carboxylic acid groups (broad SMARTS) is 1. The Balaban J connectivity index is 1.67. The zero-order chi connectivity index (χ0) is 17.3. The standard InChI is InChI=1S/C18H23NO5/c1-23-10-6-7-16(24-2)13(8-10)12-9-14(12)17(20)19-15-5-3-4-11(15)18(21)22/h6-8,11-12,14-15H,3-5,9H2,1-2H3,(H,19,20)(H,21,22)/t11-,12?,14?,15+/m0/s1. The van der Waals surface area contributed by atoms with Gasteiger partial charge in [0.25, 0.3) is 0 Å². The normalized spacial score (nSPS) is 28.2. The third kappa shape index (κ3) is 3.18. The van der Waals surface area contributed by atoms with Crippen LogP contribution in [0.1, 0.15) is 37.2 Å². The first-order valence-corrected chi connectivity index (χ1v) is 8.30. The number of methoxy groups -OCH3 is 2. The molecule has 4 atom stereocenters. The highest BCUT2D eigenvalue weighted by atomic mass is 16.5. The number of benzene rings is 1. The van der Waals surface area contributed by atoms with Crippen LogP contribution in [0, 0.1) is 11.8 Å². The van der Waals surface area contributed by atoms with Crippen molar-refractivity contribution in [3.05, 3.63) is 23.8 Å². The monoisotopic (exact) mass is 333 g/mol. The van der Waals surface area contributed by atoms with Crippen LogP contribution in [0.25, 0.3) is 0 Å². The molecule has 2 N–H and O–H groups in total. The fourth-order valence-corrected chi connectivity index (χ4v) is 3.68. The van der Waals surface area contributed by atoms with Gasteiger partial charge in [-0.25, -0.2) is 0 Å². The average Bonchev–Trinajstić information content (AvgIpc) is 3.25. The number of carbonyl (C=O) groups excluding carboxylic acids is 1. The third-order valence-electron chi connectivity index (χ3n) is 5.12. The van der Waals surface area contributed by atoms with Gasteiger partial charge < -0.3 is 19.9 Å². The topological polar surface area (TPSA) is 84.9 Å². The third-order valence-corrected chi connectivity index (χ3v) is 5.12.